The quantitative estimate of drug-likeness (QED) is 0.797. The Hall–Kier alpha value is -2.40. The fourth-order valence-electron chi connectivity index (χ4n) is 2.68. The number of amides is 1. The summed E-state index contributed by atoms with van der Waals surface area (Å²) in [5, 5.41) is 3.48. The lowest BCUT2D eigenvalue weighted by atomic mass is 10.1. The molecule has 0 aromatic heterocycles. The minimum absolute atomic E-state index is 0.0682. The van der Waals surface area contributed by atoms with Crippen molar-refractivity contribution in [2.45, 2.75) is 6.92 Å². The summed E-state index contributed by atoms with van der Waals surface area (Å²) >= 11 is 5.64. The van der Waals surface area contributed by atoms with E-state index in [0.29, 0.717) is 11.7 Å². The van der Waals surface area contributed by atoms with Crippen LogP contribution in [0.4, 0.5) is 11.4 Å². The molecule has 2 aromatic carbocycles. The van der Waals surface area contributed by atoms with Crippen molar-refractivity contribution in [2.75, 3.05) is 23.6 Å². The highest BCUT2D eigenvalue weighted by Gasteiger charge is 2.30. The van der Waals surface area contributed by atoms with Gasteiger partial charge in [-0.1, -0.05) is 42.5 Å². The number of fused-ring (bicyclic) bond motifs is 1. The van der Waals surface area contributed by atoms with Gasteiger partial charge in [0.2, 0.25) is 5.91 Å². The van der Waals surface area contributed by atoms with Gasteiger partial charge in [-0.2, -0.15) is 0 Å². The summed E-state index contributed by atoms with van der Waals surface area (Å²) in [5.41, 5.74) is 2.86. The van der Waals surface area contributed by atoms with Crippen molar-refractivity contribution in [3.63, 3.8) is 0 Å². The maximum atomic E-state index is 12.2. The summed E-state index contributed by atoms with van der Waals surface area (Å²) in [6.07, 6.45) is 0. The summed E-state index contributed by atoms with van der Waals surface area (Å²) in [4.78, 5) is 15.0. The van der Waals surface area contributed by atoms with Crippen molar-refractivity contribution in [3.8, 4) is 0 Å². The van der Waals surface area contributed by atoms with Crippen LogP contribution in [0.5, 0.6) is 0 Å². The van der Waals surface area contributed by atoms with Crippen LogP contribution in [0, 0.1) is 0 Å². The monoisotopic (exact) mass is 311 g/mol. The molecule has 112 valence electrons. The maximum absolute atomic E-state index is 12.2. The van der Waals surface area contributed by atoms with Gasteiger partial charge in [-0.05, 0) is 24.3 Å². The lowest BCUT2D eigenvalue weighted by molar-refractivity contribution is -0.118. The van der Waals surface area contributed by atoms with Gasteiger partial charge in [0, 0.05) is 25.2 Å². The Morgan fingerprint density at radius 3 is 2.41 bits per heavy atom. The van der Waals surface area contributed by atoms with E-state index in [2.05, 4.69) is 4.90 Å². The van der Waals surface area contributed by atoms with Gasteiger partial charge in [0.25, 0.3) is 0 Å². The lowest BCUT2D eigenvalue weighted by Gasteiger charge is -2.43. The number of carbonyl (C=O) groups is 1. The van der Waals surface area contributed by atoms with Gasteiger partial charge >= 0.3 is 0 Å². The third kappa shape index (κ3) is 2.44. The Morgan fingerprint density at radius 1 is 1.09 bits per heavy atom. The molecule has 4 nitrogen and oxygen atoms in total. The van der Waals surface area contributed by atoms with E-state index in [1.54, 1.807) is 11.9 Å². The lowest BCUT2D eigenvalue weighted by Crippen LogP contribution is -2.55. The van der Waals surface area contributed by atoms with E-state index in [1.807, 2.05) is 66.7 Å². The minimum atomic E-state index is -0.0682. The zero-order valence-corrected chi connectivity index (χ0v) is 13.4. The van der Waals surface area contributed by atoms with Gasteiger partial charge in [-0.25, -0.2) is 10.0 Å². The number of hydrogen-bond acceptors (Lipinski definition) is 3. The first-order valence-corrected chi connectivity index (χ1v) is 7.48. The van der Waals surface area contributed by atoms with Gasteiger partial charge in [0.15, 0.2) is 0 Å². The highest BCUT2D eigenvalue weighted by Crippen LogP contribution is 2.29. The van der Waals surface area contributed by atoms with Crippen LogP contribution in [-0.4, -0.2) is 29.6 Å². The molecule has 0 saturated carbocycles. The molecule has 0 saturated heterocycles. The van der Waals surface area contributed by atoms with E-state index in [-0.39, 0.29) is 5.91 Å². The Bertz CT molecular complexity index is 717. The number of nitrogens with zero attached hydrogens (tertiary/aromatic N) is 3. The van der Waals surface area contributed by atoms with Gasteiger partial charge in [0.05, 0.1) is 5.69 Å². The summed E-state index contributed by atoms with van der Waals surface area (Å²) in [6.45, 7) is 2.08. The van der Waals surface area contributed by atoms with E-state index in [4.69, 9.17) is 12.2 Å². The molecule has 1 amide bonds. The summed E-state index contributed by atoms with van der Waals surface area (Å²) in [6, 6.07) is 17.6. The topological polar surface area (TPSA) is 26.8 Å². The maximum Gasteiger partial charge on any atom is 0.242 e. The van der Waals surface area contributed by atoms with E-state index < -0.39 is 0 Å². The SMILES string of the molecule is CC(=O)N(c1ccccc1)N1CN(C)c2ccccc2C1=S. The Morgan fingerprint density at radius 2 is 1.73 bits per heavy atom. The minimum Gasteiger partial charge on any atom is -0.355 e. The van der Waals surface area contributed by atoms with Crippen LogP contribution in [0.25, 0.3) is 0 Å². The number of para-hydroxylation sites is 2. The molecule has 3 rings (SSSR count). The molecule has 0 unspecified atom stereocenters. The molecule has 1 aliphatic heterocycles. The second-order valence-electron chi connectivity index (χ2n) is 5.23. The van der Waals surface area contributed by atoms with Crippen LogP contribution in [-0.2, 0) is 4.79 Å². The molecule has 1 heterocycles. The first-order valence-electron chi connectivity index (χ1n) is 7.07. The van der Waals surface area contributed by atoms with Crippen molar-refractivity contribution in [1.29, 1.82) is 0 Å². The van der Waals surface area contributed by atoms with E-state index >= 15 is 0 Å². The van der Waals surface area contributed by atoms with Crippen molar-refractivity contribution in [3.05, 3.63) is 60.2 Å². The van der Waals surface area contributed by atoms with E-state index in [1.165, 1.54) is 0 Å². The second-order valence-corrected chi connectivity index (χ2v) is 5.61. The average Bonchev–Trinajstić information content (AvgIpc) is 2.53. The Kier molecular flexibility index (Phi) is 3.81. The first kappa shape index (κ1) is 14.5. The molecular weight excluding hydrogens is 294 g/mol. The molecule has 0 radical (unpaired) electrons. The van der Waals surface area contributed by atoms with Gasteiger partial charge in [-0.3, -0.25) is 4.79 Å². The average molecular weight is 311 g/mol. The van der Waals surface area contributed by atoms with Crippen LogP contribution >= 0.6 is 12.2 Å². The predicted molar refractivity (Wildman–Crippen MR) is 92.9 cm³/mol. The molecule has 22 heavy (non-hydrogen) atoms. The van der Waals surface area contributed by atoms with Gasteiger partial charge in [-0.15, -0.1) is 0 Å². The smallest absolute Gasteiger partial charge is 0.242 e. The molecule has 0 fully saturated rings. The van der Waals surface area contributed by atoms with Crippen molar-refractivity contribution in [1.82, 2.24) is 5.01 Å². The molecule has 0 aliphatic carbocycles. The third-order valence-corrected chi connectivity index (χ3v) is 4.10. The Balaban J connectivity index is 2.04. The molecule has 2 aromatic rings. The molecule has 0 atom stereocenters. The molecule has 0 N–H and O–H groups in total. The van der Waals surface area contributed by atoms with Crippen LogP contribution in [0.1, 0.15) is 12.5 Å². The number of hydrogen-bond donors (Lipinski definition) is 0. The van der Waals surface area contributed by atoms with Crippen LogP contribution in [0.3, 0.4) is 0 Å². The molecule has 5 heteroatoms. The molecule has 0 spiro atoms. The normalized spacial score (nSPS) is 13.8. The van der Waals surface area contributed by atoms with Crippen molar-refractivity contribution >= 4 is 34.5 Å². The zero-order chi connectivity index (χ0) is 15.7. The Labute approximate surface area is 135 Å². The van der Waals surface area contributed by atoms with Gasteiger partial charge in [0.1, 0.15) is 11.7 Å². The van der Waals surface area contributed by atoms with Crippen LogP contribution < -0.4 is 9.91 Å². The van der Waals surface area contributed by atoms with E-state index in [9.17, 15) is 4.79 Å². The second kappa shape index (κ2) is 5.77. The highest BCUT2D eigenvalue weighted by atomic mass is 32.1. The van der Waals surface area contributed by atoms with Gasteiger partial charge < -0.3 is 4.90 Å². The van der Waals surface area contributed by atoms with Crippen molar-refractivity contribution < 1.29 is 4.79 Å². The molecular formula is C17H17N3OS. The fourth-order valence-corrected chi connectivity index (χ4v) is 2.99. The fraction of sp³-hybridized carbons (Fsp3) is 0.176. The standard InChI is InChI=1S/C17H17N3OS/c1-13(21)20(14-8-4-3-5-9-14)19-12-18(2)16-11-7-6-10-15(16)17(19)22/h3-11H,12H2,1-2H3. The van der Waals surface area contributed by atoms with Crippen LogP contribution in [0.2, 0.25) is 0 Å². The largest absolute Gasteiger partial charge is 0.355 e. The molecule has 1 aliphatic rings. The summed E-state index contributed by atoms with van der Waals surface area (Å²) in [5.74, 6) is -0.0682. The molecule has 0 bridgehead atoms. The number of thiocarbonyl (C=S) groups is 1. The first-order chi connectivity index (χ1) is 10.6. The predicted octanol–water partition coefficient (Wildman–Crippen LogP) is 3.04. The number of rotatable bonds is 2. The van der Waals surface area contributed by atoms with Crippen LogP contribution in [0.15, 0.2) is 54.6 Å². The number of hydrazine groups is 1. The number of anilines is 2. The highest BCUT2D eigenvalue weighted by molar-refractivity contribution is 7.80. The zero-order valence-electron chi connectivity index (χ0n) is 12.6. The number of benzene rings is 2. The summed E-state index contributed by atoms with van der Waals surface area (Å²) in [7, 11) is 2.00. The third-order valence-electron chi connectivity index (χ3n) is 3.67. The summed E-state index contributed by atoms with van der Waals surface area (Å²) < 4.78 is 0. The van der Waals surface area contributed by atoms with E-state index in [0.717, 1.165) is 16.9 Å². The van der Waals surface area contributed by atoms with Crippen molar-refractivity contribution in [2.24, 2.45) is 0 Å². The number of carbonyl (C=O) groups excluding carboxylic acids is 1.